The largest absolute Gasteiger partial charge is 0.338 e. The maximum Gasteiger partial charge on any atom is 0.173 e. The van der Waals surface area contributed by atoms with Gasteiger partial charge >= 0.3 is 0 Å². The molecule has 1 aromatic carbocycles. The van der Waals surface area contributed by atoms with Crippen molar-refractivity contribution in [1.82, 2.24) is 9.55 Å². The topological polar surface area (TPSA) is 34.9 Å². The lowest BCUT2D eigenvalue weighted by Gasteiger charge is -2.05. The van der Waals surface area contributed by atoms with Crippen molar-refractivity contribution in [3.63, 3.8) is 0 Å². The van der Waals surface area contributed by atoms with Crippen molar-refractivity contribution in [3.05, 3.63) is 53.1 Å². The van der Waals surface area contributed by atoms with E-state index in [1.54, 1.807) is 24.0 Å². The molecule has 94 valence electrons. The van der Waals surface area contributed by atoms with Crippen LogP contribution in [-0.4, -0.2) is 15.3 Å². The summed E-state index contributed by atoms with van der Waals surface area (Å²) in [5.74, 6) is -1.36. The van der Waals surface area contributed by atoms with Crippen molar-refractivity contribution >= 4 is 5.78 Å². The van der Waals surface area contributed by atoms with Crippen molar-refractivity contribution in [3.8, 4) is 0 Å². The van der Waals surface area contributed by atoms with Crippen molar-refractivity contribution in [2.24, 2.45) is 7.05 Å². The van der Waals surface area contributed by atoms with Crippen LogP contribution in [0.4, 0.5) is 8.78 Å². The van der Waals surface area contributed by atoms with Gasteiger partial charge in [-0.3, -0.25) is 4.79 Å². The summed E-state index contributed by atoms with van der Waals surface area (Å²) < 4.78 is 28.3. The minimum absolute atomic E-state index is 0.00844. The van der Waals surface area contributed by atoms with Crippen molar-refractivity contribution in [1.29, 1.82) is 0 Å². The third kappa shape index (κ3) is 2.30. The van der Waals surface area contributed by atoms with Gasteiger partial charge in [0.25, 0.3) is 0 Å². The van der Waals surface area contributed by atoms with E-state index in [0.29, 0.717) is 5.82 Å². The molecule has 3 nitrogen and oxygen atoms in total. The second-order valence-electron chi connectivity index (χ2n) is 4.14. The first kappa shape index (κ1) is 12.4. The highest BCUT2D eigenvalue weighted by Crippen LogP contribution is 2.16. The third-order valence-electron chi connectivity index (χ3n) is 2.79. The van der Waals surface area contributed by atoms with Gasteiger partial charge in [0.1, 0.15) is 17.5 Å². The first-order valence-electron chi connectivity index (χ1n) is 5.44. The van der Waals surface area contributed by atoms with Gasteiger partial charge in [0, 0.05) is 25.5 Å². The van der Waals surface area contributed by atoms with E-state index in [2.05, 4.69) is 4.98 Å². The second kappa shape index (κ2) is 4.68. The van der Waals surface area contributed by atoms with Crippen LogP contribution < -0.4 is 0 Å². The lowest BCUT2D eigenvalue weighted by molar-refractivity contribution is 0.0986. The molecule has 0 amide bonds. The number of halogens is 2. The minimum atomic E-state index is -0.836. The maximum atomic E-state index is 13.5. The average Bonchev–Trinajstić information content (AvgIpc) is 2.69. The highest BCUT2D eigenvalue weighted by atomic mass is 19.1. The van der Waals surface area contributed by atoms with Gasteiger partial charge in [0.05, 0.1) is 12.0 Å². The van der Waals surface area contributed by atoms with Crippen LogP contribution in [0.3, 0.4) is 0 Å². The number of hydrogen-bond donors (Lipinski definition) is 0. The molecule has 2 rings (SSSR count). The summed E-state index contributed by atoms with van der Waals surface area (Å²) in [4.78, 5) is 15.9. The Morgan fingerprint density at radius 1 is 1.33 bits per heavy atom. The van der Waals surface area contributed by atoms with E-state index in [9.17, 15) is 13.6 Å². The Kier molecular flexibility index (Phi) is 3.23. The van der Waals surface area contributed by atoms with Gasteiger partial charge in [0.2, 0.25) is 0 Å². The van der Waals surface area contributed by atoms with Gasteiger partial charge in [-0.1, -0.05) is 0 Å². The highest BCUT2D eigenvalue weighted by molar-refractivity contribution is 5.97. The van der Waals surface area contributed by atoms with E-state index in [-0.39, 0.29) is 17.5 Å². The quantitative estimate of drug-likeness (QED) is 0.784. The smallest absolute Gasteiger partial charge is 0.173 e. The number of ketones is 1. The van der Waals surface area contributed by atoms with Crippen LogP contribution in [0.5, 0.6) is 0 Å². The van der Waals surface area contributed by atoms with Gasteiger partial charge in [0.15, 0.2) is 5.78 Å². The summed E-state index contributed by atoms with van der Waals surface area (Å²) in [5, 5.41) is 0. The Morgan fingerprint density at radius 3 is 2.67 bits per heavy atom. The molecule has 0 unspecified atom stereocenters. The van der Waals surface area contributed by atoms with Gasteiger partial charge in [-0.05, 0) is 18.6 Å². The fourth-order valence-corrected chi connectivity index (χ4v) is 1.68. The molecule has 0 spiro atoms. The summed E-state index contributed by atoms with van der Waals surface area (Å²) >= 11 is 0. The number of aromatic nitrogens is 2. The zero-order valence-corrected chi connectivity index (χ0v) is 10.1. The molecule has 0 aliphatic heterocycles. The fourth-order valence-electron chi connectivity index (χ4n) is 1.68. The van der Waals surface area contributed by atoms with Crippen LogP contribution in [0.2, 0.25) is 0 Å². The molecule has 1 heterocycles. The molecule has 0 saturated heterocycles. The minimum Gasteiger partial charge on any atom is -0.338 e. The average molecular weight is 250 g/mol. The molecule has 0 aliphatic carbocycles. The zero-order chi connectivity index (χ0) is 13.3. The van der Waals surface area contributed by atoms with E-state index in [4.69, 9.17) is 0 Å². The number of aryl methyl sites for hydroxylation is 2. The highest BCUT2D eigenvalue weighted by Gasteiger charge is 2.16. The van der Waals surface area contributed by atoms with Crippen LogP contribution in [0.25, 0.3) is 0 Å². The lowest BCUT2D eigenvalue weighted by atomic mass is 10.0. The molecule has 0 saturated carbocycles. The van der Waals surface area contributed by atoms with E-state index in [1.807, 2.05) is 0 Å². The molecule has 0 bridgehead atoms. The molecule has 0 aliphatic rings. The van der Waals surface area contributed by atoms with Gasteiger partial charge in [-0.15, -0.1) is 0 Å². The Labute approximate surface area is 103 Å². The summed E-state index contributed by atoms with van der Waals surface area (Å²) in [5.41, 5.74) is 0.150. The SMILES string of the molecule is Cc1cc(C(=O)Cc2nccn2C)c(F)cc1F. The summed E-state index contributed by atoms with van der Waals surface area (Å²) in [6, 6.07) is 1.97. The van der Waals surface area contributed by atoms with E-state index >= 15 is 0 Å². The monoisotopic (exact) mass is 250 g/mol. The normalized spacial score (nSPS) is 10.7. The van der Waals surface area contributed by atoms with Gasteiger partial charge in [-0.25, -0.2) is 13.8 Å². The molecule has 1 aromatic heterocycles. The molecular weight excluding hydrogens is 238 g/mol. The Balaban J connectivity index is 2.30. The molecule has 2 aromatic rings. The number of carbonyl (C=O) groups is 1. The van der Waals surface area contributed by atoms with Crippen LogP contribution in [0.1, 0.15) is 21.7 Å². The summed E-state index contributed by atoms with van der Waals surface area (Å²) in [7, 11) is 1.75. The molecular formula is C13H12F2N2O. The van der Waals surface area contributed by atoms with Crippen LogP contribution in [0.15, 0.2) is 24.5 Å². The lowest BCUT2D eigenvalue weighted by Crippen LogP contribution is -2.10. The van der Waals surface area contributed by atoms with E-state index in [0.717, 1.165) is 6.07 Å². The molecule has 0 N–H and O–H groups in total. The number of imidazole rings is 1. The Hall–Kier alpha value is -2.04. The Bertz CT molecular complexity index is 605. The van der Waals surface area contributed by atoms with Crippen LogP contribution >= 0.6 is 0 Å². The number of benzene rings is 1. The molecule has 0 fully saturated rings. The van der Waals surface area contributed by atoms with Crippen molar-refractivity contribution in [2.75, 3.05) is 0 Å². The van der Waals surface area contributed by atoms with Crippen molar-refractivity contribution in [2.45, 2.75) is 13.3 Å². The van der Waals surface area contributed by atoms with Crippen molar-refractivity contribution < 1.29 is 13.6 Å². The standard InChI is InChI=1S/C13H12F2N2O/c1-8-5-9(11(15)6-10(8)14)12(18)7-13-16-3-4-17(13)2/h3-6H,7H2,1-2H3. The predicted octanol–water partition coefficient (Wildman–Crippen LogP) is 2.43. The van der Waals surface area contributed by atoms with Crippen LogP contribution in [0, 0.1) is 18.6 Å². The maximum absolute atomic E-state index is 13.5. The number of carbonyl (C=O) groups excluding carboxylic acids is 1. The number of Topliss-reactive ketones (excluding diaryl/α,β-unsaturated/α-hetero) is 1. The first-order valence-corrected chi connectivity index (χ1v) is 5.44. The molecule has 0 radical (unpaired) electrons. The fraction of sp³-hybridized carbons (Fsp3) is 0.231. The Morgan fingerprint density at radius 2 is 2.06 bits per heavy atom. The van der Waals surface area contributed by atoms with Gasteiger partial charge < -0.3 is 4.57 Å². The predicted molar refractivity (Wildman–Crippen MR) is 62.3 cm³/mol. The van der Waals surface area contributed by atoms with Gasteiger partial charge in [-0.2, -0.15) is 0 Å². The molecule has 0 atom stereocenters. The third-order valence-corrected chi connectivity index (χ3v) is 2.79. The summed E-state index contributed by atoms with van der Waals surface area (Å²) in [6.07, 6.45) is 3.26. The number of nitrogens with zero attached hydrogens (tertiary/aromatic N) is 2. The first-order chi connectivity index (χ1) is 8.49. The van der Waals surface area contributed by atoms with E-state index < -0.39 is 17.4 Å². The zero-order valence-electron chi connectivity index (χ0n) is 10.1. The molecule has 18 heavy (non-hydrogen) atoms. The number of hydrogen-bond acceptors (Lipinski definition) is 2. The van der Waals surface area contributed by atoms with Crippen LogP contribution in [-0.2, 0) is 13.5 Å². The second-order valence-corrected chi connectivity index (χ2v) is 4.14. The molecule has 5 heteroatoms. The number of rotatable bonds is 3. The summed E-state index contributed by atoms with van der Waals surface area (Å²) in [6.45, 7) is 1.49. The van der Waals surface area contributed by atoms with E-state index in [1.165, 1.54) is 13.0 Å².